The van der Waals surface area contributed by atoms with Gasteiger partial charge in [0.25, 0.3) is 0 Å². The fourth-order valence-corrected chi connectivity index (χ4v) is 2.72. The molecule has 0 radical (unpaired) electrons. The average molecular weight is 299 g/mol. The lowest BCUT2D eigenvalue weighted by atomic mass is 10.1. The molecule has 0 atom stereocenters. The van der Waals surface area contributed by atoms with Gasteiger partial charge in [0.15, 0.2) is 0 Å². The number of carbonyl (C=O) groups is 1. The predicted octanol–water partition coefficient (Wildman–Crippen LogP) is 2.64. The third-order valence-electron chi connectivity index (χ3n) is 4.08. The highest BCUT2D eigenvalue weighted by molar-refractivity contribution is 5.76. The normalized spacial score (nSPS) is 10.7. The Kier molecular flexibility index (Phi) is 5.36. The summed E-state index contributed by atoms with van der Waals surface area (Å²) >= 11 is 0. The summed E-state index contributed by atoms with van der Waals surface area (Å²) in [5, 5.41) is 7.40. The van der Waals surface area contributed by atoms with E-state index in [1.807, 2.05) is 24.7 Å². The second kappa shape index (κ2) is 7.25. The molecule has 1 heterocycles. The van der Waals surface area contributed by atoms with E-state index in [9.17, 15) is 4.79 Å². The van der Waals surface area contributed by atoms with Crippen molar-refractivity contribution in [1.82, 2.24) is 15.1 Å². The van der Waals surface area contributed by atoms with Gasteiger partial charge in [0.05, 0.1) is 5.69 Å². The van der Waals surface area contributed by atoms with E-state index < -0.39 is 0 Å². The fraction of sp³-hybridized carbons (Fsp3) is 0.444. The lowest BCUT2D eigenvalue weighted by molar-refractivity contribution is -0.121. The summed E-state index contributed by atoms with van der Waals surface area (Å²) in [5.74, 6) is 0.112. The van der Waals surface area contributed by atoms with Crippen LogP contribution in [-0.4, -0.2) is 22.2 Å². The largest absolute Gasteiger partial charge is 0.356 e. The number of hydrogen-bond donors (Lipinski definition) is 1. The molecule has 2 rings (SSSR count). The van der Waals surface area contributed by atoms with Gasteiger partial charge in [0.2, 0.25) is 5.91 Å². The molecular formula is C18H25N3O. The maximum atomic E-state index is 11.9. The van der Waals surface area contributed by atoms with Gasteiger partial charge in [0, 0.05) is 25.7 Å². The standard InChI is InChI=1S/C18H25N3O/c1-13-6-5-7-16(12-13)8-9-18(22)19-11-10-17-14(2)20-21(4)15(17)3/h5-7,12H,8-11H2,1-4H3,(H,19,22). The first-order valence-corrected chi connectivity index (χ1v) is 7.78. The quantitative estimate of drug-likeness (QED) is 0.891. The Morgan fingerprint density at radius 2 is 2.00 bits per heavy atom. The lowest BCUT2D eigenvalue weighted by Gasteiger charge is -2.06. The van der Waals surface area contributed by atoms with Crippen LogP contribution in [-0.2, 0) is 24.7 Å². The molecule has 0 unspecified atom stereocenters. The van der Waals surface area contributed by atoms with E-state index in [1.165, 1.54) is 22.4 Å². The van der Waals surface area contributed by atoms with Crippen molar-refractivity contribution >= 4 is 5.91 Å². The van der Waals surface area contributed by atoms with E-state index in [0.717, 1.165) is 18.5 Å². The zero-order valence-electron chi connectivity index (χ0n) is 13.9. The molecule has 118 valence electrons. The molecule has 0 saturated heterocycles. The van der Waals surface area contributed by atoms with Crippen molar-refractivity contribution < 1.29 is 4.79 Å². The topological polar surface area (TPSA) is 46.9 Å². The highest BCUT2D eigenvalue weighted by Crippen LogP contribution is 2.12. The van der Waals surface area contributed by atoms with Crippen molar-refractivity contribution in [3.63, 3.8) is 0 Å². The van der Waals surface area contributed by atoms with Crippen LogP contribution in [0.25, 0.3) is 0 Å². The molecule has 0 aliphatic heterocycles. The molecule has 0 aliphatic rings. The Balaban J connectivity index is 1.76. The summed E-state index contributed by atoms with van der Waals surface area (Å²) in [7, 11) is 1.95. The maximum Gasteiger partial charge on any atom is 0.220 e. The van der Waals surface area contributed by atoms with Crippen LogP contribution >= 0.6 is 0 Å². The van der Waals surface area contributed by atoms with Crippen LogP contribution in [0.4, 0.5) is 0 Å². The monoisotopic (exact) mass is 299 g/mol. The zero-order valence-corrected chi connectivity index (χ0v) is 13.9. The number of aromatic nitrogens is 2. The third-order valence-corrected chi connectivity index (χ3v) is 4.08. The molecule has 4 nitrogen and oxygen atoms in total. The average Bonchev–Trinajstić information content (AvgIpc) is 2.71. The highest BCUT2D eigenvalue weighted by atomic mass is 16.1. The summed E-state index contributed by atoms with van der Waals surface area (Å²) in [6.07, 6.45) is 2.16. The number of amides is 1. The van der Waals surface area contributed by atoms with E-state index >= 15 is 0 Å². The Labute approximate surface area is 132 Å². The number of hydrogen-bond acceptors (Lipinski definition) is 2. The smallest absolute Gasteiger partial charge is 0.220 e. The minimum absolute atomic E-state index is 0.112. The van der Waals surface area contributed by atoms with Crippen LogP contribution in [0.1, 0.15) is 34.5 Å². The van der Waals surface area contributed by atoms with Gasteiger partial charge in [-0.25, -0.2) is 0 Å². The van der Waals surface area contributed by atoms with Crippen molar-refractivity contribution in [1.29, 1.82) is 0 Å². The van der Waals surface area contributed by atoms with E-state index in [2.05, 4.69) is 42.5 Å². The fourth-order valence-electron chi connectivity index (χ4n) is 2.72. The van der Waals surface area contributed by atoms with Crippen LogP contribution < -0.4 is 5.32 Å². The SMILES string of the molecule is Cc1cccc(CCC(=O)NCCc2c(C)nn(C)c2C)c1. The Morgan fingerprint density at radius 3 is 2.64 bits per heavy atom. The van der Waals surface area contributed by atoms with Crippen LogP contribution in [0.5, 0.6) is 0 Å². The molecule has 0 spiro atoms. The minimum atomic E-state index is 0.112. The van der Waals surface area contributed by atoms with Crippen molar-refractivity contribution in [2.24, 2.45) is 7.05 Å². The highest BCUT2D eigenvalue weighted by Gasteiger charge is 2.09. The van der Waals surface area contributed by atoms with Crippen LogP contribution in [0.3, 0.4) is 0 Å². The minimum Gasteiger partial charge on any atom is -0.356 e. The molecule has 4 heteroatoms. The molecule has 0 aliphatic carbocycles. The molecule has 1 aromatic carbocycles. The Morgan fingerprint density at radius 1 is 1.23 bits per heavy atom. The zero-order chi connectivity index (χ0) is 16.1. The molecule has 22 heavy (non-hydrogen) atoms. The number of aryl methyl sites for hydroxylation is 4. The van der Waals surface area contributed by atoms with Gasteiger partial charge >= 0.3 is 0 Å². The van der Waals surface area contributed by atoms with Crippen molar-refractivity contribution in [3.05, 3.63) is 52.3 Å². The second-order valence-electron chi connectivity index (χ2n) is 5.86. The first kappa shape index (κ1) is 16.3. The van der Waals surface area contributed by atoms with Gasteiger partial charge in [-0.2, -0.15) is 5.10 Å². The summed E-state index contributed by atoms with van der Waals surface area (Å²) in [4.78, 5) is 11.9. The van der Waals surface area contributed by atoms with Gasteiger partial charge in [-0.3, -0.25) is 9.48 Å². The molecule has 0 saturated carbocycles. The first-order valence-electron chi connectivity index (χ1n) is 7.78. The number of carbonyl (C=O) groups excluding carboxylic acids is 1. The van der Waals surface area contributed by atoms with E-state index in [4.69, 9.17) is 0 Å². The summed E-state index contributed by atoms with van der Waals surface area (Å²) in [5.41, 5.74) is 5.91. The number of rotatable bonds is 6. The van der Waals surface area contributed by atoms with Crippen LogP contribution in [0.15, 0.2) is 24.3 Å². The molecule has 0 fully saturated rings. The van der Waals surface area contributed by atoms with Gasteiger partial charge < -0.3 is 5.32 Å². The number of benzene rings is 1. The van der Waals surface area contributed by atoms with Crippen LogP contribution in [0, 0.1) is 20.8 Å². The Hall–Kier alpha value is -2.10. The van der Waals surface area contributed by atoms with Gasteiger partial charge in [0.1, 0.15) is 0 Å². The molecule has 1 aromatic heterocycles. The van der Waals surface area contributed by atoms with Crippen molar-refractivity contribution in [2.45, 2.75) is 40.0 Å². The lowest BCUT2D eigenvalue weighted by Crippen LogP contribution is -2.26. The molecule has 0 bridgehead atoms. The Bertz CT molecular complexity index is 658. The summed E-state index contributed by atoms with van der Waals surface area (Å²) < 4.78 is 1.89. The van der Waals surface area contributed by atoms with Crippen molar-refractivity contribution in [3.8, 4) is 0 Å². The predicted molar refractivity (Wildman–Crippen MR) is 88.9 cm³/mol. The van der Waals surface area contributed by atoms with Gasteiger partial charge in [-0.15, -0.1) is 0 Å². The van der Waals surface area contributed by atoms with E-state index in [1.54, 1.807) is 0 Å². The first-order chi connectivity index (χ1) is 10.5. The molecule has 1 N–H and O–H groups in total. The van der Waals surface area contributed by atoms with Gasteiger partial charge in [-0.1, -0.05) is 29.8 Å². The number of nitrogens with zero attached hydrogens (tertiary/aromatic N) is 2. The van der Waals surface area contributed by atoms with E-state index in [-0.39, 0.29) is 5.91 Å². The molecule has 2 aromatic rings. The van der Waals surface area contributed by atoms with Crippen LogP contribution in [0.2, 0.25) is 0 Å². The third kappa shape index (κ3) is 4.20. The summed E-state index contributed by atoms with van der Waals surface area (Å²) in [6, 6.07) is 8.32. The molecular weight excluding hydrogens is 274 g/mol. The number of nitrogens with one attached hydrogen (secondary N) is 1. The second-order valence-corrected chi connectivity index (χ2v) is 5.86. The molecule has 1 amide bonds. The van der Waals surface area contributed by atoms with E-state index in [0.29, 0.717) is 13.0 Å². The maximum absolute atomic E-state index is 11.9. The summed E-state index contributed by atoms with van der Waals surface area (Å²) in [6.45, 7) is 6.82. The van der Waals surface area contributed by atoms with Gasteiger partial charge in [-0.05, 0) is 44.7 Å². The van der Waals surface area contributed by atoms with Crippen molar-refractivity contribution in [2.75, 3.05) is 6.54 Å².